The Bertz CT molecular complexity index is 723. The molecule has 0 aliphatic heterocycles. The van der Waals surface area contributed by atoms with Crippen LogP contribution < -0.4 is 5.32 Å². The Hall–Kier alpha value is -2.41. The molecule has 0 saturated carbocycles. The van der Waals surface area contributed by atoms with Gasteiger partial charge in [0.1, 0.15) is 5.69 Å². The lowest BCUT2D eigenvalue weighted by Crippen LogP contribution is -2.13. The van der Waals surface area contributed by atoms with E-state index in [4.69, 9.17) is 4.42 Å². The Balaban J connectivity index is 1.82. The van der Waals surface area contributed by atoms with Gasteiger partial charge in [-0.2, -0.15) is 5.10 Å². The van der Waals surface area contributed by atoms with E-state index in [-0.39, 0.29) is 5.91 Å². The Morgan fingerprint density at radius 3 is 2.95 bits per heavy atom. The van der Waals surface area contributed by atoms with Crippen LogP contribution in [0.5, 0.6) is 0 Å². The summed E-state index contributed by atoms with van der Waals surface area (Å²) in [6, 6.07) is 3.60. The number of carbonyl (C=O) groups excluding carboxylic acids is 1. The van der Waals surface area contributed by atoms with Gasteiger partial charge >= 0.3 is 0 Å². The highest BCUT2D eigenvalue weighted by atomic mass is 32.1. The van der Waals surface area contributed by atoms with Gasteiger partial charge in [0.25, 0.3) is 5.91 Å². The first-order chi connectivity index (χ1) is 9.65. The Labute approximate surface area is 118 Å². The van der Waals surface area contributed by atoms with Crippen LogP contribution in [0.3, 0.4) is 0 Å². The average molecular weight is 288 g/mol. The number of nitrogens with zero attached hydrogens (tertiary/aromatic N) is 2. The number of amides is 1. The van der Waals surface area contributed by atoms with Crippen molar-refractivity contribution in [3.8, 4) is 10.8 Å². The molecule has 0 fully saturated rings. The van der Waals surface area contributed by atoms with Crippen molar-refractivity contribution in [2.75, 3.05) is 5.32 Å². The molecular formula is C13H12N4O2S. The zero-order valence-corrected chi connectivity index (χ0v) is 11.7. The number of nitrogens with one attached hydrogen (secondary N) is 2. The van der Waals surface area contributed by atoms with Crippen molar-refractivity contribution in [3.63, 3.8) is 0 Å². The van der Waals surface area contributed by atoms with E-state index in [1.54, 1.807) is 17.7 Å². The standard InChI is InChI=1S/C13H12N4O2S/c1-7-11(8(2)17-16-7)15-12(18)9-6-20-13(14-9)10-4-3-5-19-10/h3-6H,1-2H3,(H,15,18)(H,16,17). The maximum absolute atomic E-state index is 12.2. The van der Waals surface area contributed by atoms with Crippen LogP contribution >= 0.6 is 11.3 Å². The van der Waals surface area contributed by atoms with Gasteiger partial charge in [-0.25, -0.2) is 4.98 Å². The second kappa shape index (κ2) is 4.93. The topological polar surface area (TPSA) is 83.8 Å². The molecule has 0 aliphatic rings. The predicted octanol–water partition coefficient (Wildman–Crippen LogP) is 3.00. The summed E-state index contributed by atoms with van der Waals surface area (Å²) in [4.78, 5) is 16.4. The number of furan rings is 1. The minimum Gasteiger partial charge on any atom is -0.462 e. The number of hydrogen-bond acceptors (Lipinski definition) is 5. The SMILES string of the molecule is Cc1n[nH]c(C)c1NC(=O)c1csc(-c2ccco2)n1. The maximum atomic E-state index is 12.2. The fourth-order valence-electron chi connectivity index (χ4n) is 1.80. The lowest BCUT2D eigenvalue weighted by Gasteiger charge is -2.02. The molecule has 6 nitrogen and oxygen atoms in total. The van der Waals surface area contributed by atoms with Crippen molar-refractivity contribution in [2.24, 2.45) is 0 Å². The van der Waals surface area contributed by atoms with Crippen LogP contribution in [0.15, 0.2) is 28.2 Å². The van der Waals surface area contributed by atoms with Gasteiger partial charge in [0.05, 0.1) is 23.3 Å². The molecule has 3 aromatic heterocycles. The molecule has 2 N–H and O–H groups in total. The Morgan fingerprint density at radius 1 is 1.45 bits per heavy atom. The normalized spacial score (nSPS) is 10.7. The molecule has 20 heavy (non-hydrogen) atoms. The quantitative estimate of drug-likeness (QED) is 0.776. The van der Waals surface area contributed by atoms with Crippen molar-refractivity contribution in [3.05, 3.63) is 40.9 Å². The third-order valence-corrected chi connectivity index (χ3v) is 3.69. The molecule has 1 amide bonds. The molecule has 0 aliphatic carbocycles. The summed E-state index contributed by atoms with van der Waals surface area (Å²) >= 11 is 1.37. The number of anilines is 1. The van der Waals surface area contributed by atoms with Crippen molar-refractivity contribution in [1.29, 1.82) is 0 Å². The van der Waals surface area contributed by atoms with E-state index in [1.807, 2.05) is 19.9 Å². The molecule has 0 spiro atoms. The number of H-pyrrole nitrogens is 1. The number of carbonyl (C=O) groups is 1. The molecular weight excluding hydrogens is 276 g/mol. The fraction of sp³-hybridized carbons (Fsp3) is 0.154. The van der Waals surface area contributed by atoms with Crippen LogP contribution in [0.4, 0.5) is 5.69 Å². The van der Waals surface area contributed by atoms with Crippen LogP contribution in [0.25, 0.3) is 10.8 Å². The van der Waals surface area contributed by atoms with Gasteiger partial charge in [-0.1, -0.05) is 0 Å². The second-order valence-electron chi connectivity index (χ2n) is 4.28. The highest BCUT2D eigenvalue weighted by Crippen LogP contribution is 2.25. The number of hydrogen-bond donors (Lipinski definition) is 2. The number of aromatic amines is 1. The van der Waals surface area contributed by atoms with E-state index >= 15 is 0 Å². The number of rotatable bonds is 3. The van der Waals surface area contributed by atoms with Gasteiger partial charge < -0.3 is 9.73 Å². The first kappa shape index (κ1) is 12.6. The highest BCUT2D eigenvalue weighted by molar-refractivity contribution is 7.13. The summed E-state index contributed by atoms with van der Waals surface area (Å²) < 4.78 is 5.26. The van der Waals surface area contributed by atoms with Crippen LogP contribution in [-0.4, -0.2) is 21.1 Å². The molecule has 0 saturated heterocycles. The highest BCUT2D eigenvalue weighted by Gasteiger charge is 2.16. The lowest BCUT2D eigenvalue weighted by molar-refractivity contribution is 0.102. The lowest BCUT2D eigenvalue weighted by atomic mass is 10.3. The van der Waals surface area contributed by atoms with Crippen LogP contribution in [-0.2, 0) is 0 Å². The van der Waals surface area contributed by atoms with Gasteiger partial charge in [-0.15, -0.1) is 11.3 Å². The summed E-state index contributed by atoms with van der Waals surface area (Å²) in [5.41, 5.74) is 2.62. The van der Waals surface area contributed by atoms with Crippen molar-refractivity contribution in [1.82, 2.24) is 15.2 Å². The maximum Gasteiger partial charge on any atom is 0.275 e. The zero-order valence-electron chi connectivity index (χ0n) is 10.9. The van der Waals surface area contributed by atoms with E-state index in [2.05, 4.69) is 20.5 Å². The van der Waals surface area contributed by atoms with Crippen LogP contribution in [0.2, 0.25) is 0 Å². The number of thiazole rings is 1. The summed E-state index contributed by atoms with van der Waals surface area (Å²) in [5.74, 6) is 0.399. The van der Waals surface area contributed by atoms with Crippen LogP contribution in [0.1, 0.15) is 21.9 Å². The first-order valence-electron chi connectivity index (χ1n) is 5.97. The molecule has 3 heterocycles. The van der Waals surface area contributed by atoms with Gasteiger partial charge in [-0.3, -0.25) is 9.89 Å². The fourth-order valence-corrected chi connectivity index (χ4v) is 2.57. The molecule has 0 radical (unpaired) electrons. The second-order valence-corrected chi connectivity index (χ2v) is 5.14. The zero-order chi connectivity index (χ0) is 14.1. The number of aryl methyl sites for hydroxylation is 2. The summed E-state index contributed by atoms with van der Waals surface area (Å²) in [6.45, 7) is 3.68. The van der Waals surface area contributed by atoms with Crippen LogP contribution in [0, 0.1) is 13.8 Å². The van der Waals surface area contributed by atoms with E-state index in [0.29, 0.717) is 22.1 Å². The minimum absolute atomic E-state index is 0.258. The summed E-state index contributed by atoms with van der Waals surface area (Å²) in [5, 5.41) is 12.1. The van der Waals surface area contributed by atoms with E-state index < -0.39 is 0 Å². The molecule has 0 unspecified atom stereocenters. The van der Waals surface area contributed by atoms with E-state index in [0.717, 1.165) is 11.4 Å². The smallest absolute Gasteiger partial charge is 0.275 e. The van der Waals surface area contributed by atoms with E-state index in [9.17, 15) is 4.79 Å². The first-order valence-corrected chi connectivity index (χ1v) is 6.85. The Morgan fingerprint density at radius 2 is 2.30 bits per heavy atom. The van der Waals surface area contributed by atoms with Gasteiger partial charge in [0.2, 0.25) is 0 Å². The van der Waals surface area contributed by atoms with Gasteiger partial charge in [0, 0.05) is 5.38 Å². The predicted molar refractivity (Wildman–Crippen MR) is 75.8 cm³/mol. The third-order valence-electron chi connectivity index (χ3n) is 2.84. The average Bonchev–Trinajstić information content (AvgIpc) is 3.14. The van der Waals surface area contributed by atoms with Crippen molar-refractivity contribution < 1.29 is 9.21 Å². The van der Waals surface area contributed by atoms with Crippen molar-refractivity contribution >= 4 is 22.9 Å². The molecule has 0 bridgehead atoms. The molecule has 3 rings (SSSR count). The summed E-state index contributed by atoms with van der Waals surface area (Å²) in [7, 11) is 0. The molecule has 7 heteroatoms. The number of aromatic nitrogens is 3. The Kier molecular flexibility index (Phi) is 3.11. The summed E-state index contributed by atoms with van der Waals surface area (Å²) in [6.07, 6.45) is 1.58. The molecule has 0 atom stereocenters. The van der Waals surface area contributed by atoms with Gasteiger partial charge in [-0.05, 0) is 26.0 Å². The van der Waals surface area contributed by atoms with Gasteiger partial charge in [0.15, 0.2) is 10.8 Å². The van der Waals surface area contributed by atoms with Crippen molar-refractivity contribution in [2.45, 2.75) is 13.8 Å². The molecule has 3 aromatic rings. The monoisotopic (exact) mass is 288 g/mol. The molecule has 102 valence electrons. The minimum atomic E-state index is -0.258. The third kappa shape index (κ3) is 2.23. The van der Waals surface area contributed by atoms with E-state index in [1.165, 1.54) is 11.3 Å². The molecule has 0 aromatic carbocycles. The largest absolute Gasteiger partial charge is 0.462 e.